The van der Waals surface area contributed by atoms with Crippen LogP contribution >= 0.6 is 0 Å². The van der Waals surface area contributed by atoms with Crippen LogP contribution in [-0.2, 0) is 19.6 Å². The number of aryl methyl sites for hydroxylation is 2. The van der Waals surface area contributed by atoms with Crippen LogP contribution in [0.15, 0.2) is 48.5 Å². The van der Waals surface area contributed by atoms with Crippen molar-refractivity contribution >= 4 is 11.8 Å². The summed E-state index contributed by atoms with van der Waals surface area (Å²) in [6.07, 6.45) is 0.777. The number of carbonyl (C=O) groups is 2. The molecule has 4 rings (SSSR count). The minimum atomic E-state index is -0.330. The molecular formula is C25H28N4O4. The summed E-state index contributed by atoms with van der Waals surface area (Å²) in [5.74, 6) is 0.778. The van der Waals surface area contributed by atoms with Gasteiger partial charge in [-0.2, -0.15) is 5.10 Å². The van der Waals surface area contributed by atoms with Crippen LogP contribution in [0.3, 0.4) is 0 Å². The second-order valence-electron chi connectivity index (χ2n) is 8.08. The number of carbonyl (C=O) groups excluding carboxylic acids is 2. The van der Waals surface area contributed by atoms with E-state index in [1.165, 1.54) is 0 Å². The average Bonchev–Trinajstić information content (AvgIpc) is 3.19. The van der Waals surface area contributed by atoms with E-state index in [0.29, 0.717) is 43.4 Å². The molecule has 0 bridgehead atoms. The van der Waals surface area contributed by atoms with Gasteiger partial charge in [0.1, 0.15) is 5.69 Å². The highest BCUT2D eigenvalue weighted by molar-refractivity contribution is 5.98. The molecule has 2 amide bonds. The van der Waals surface area contributed by atoms with E-state index in [0.717, 1.165) is 23.1 Å². The monoisotopic (exact) mass is 448 g/mol. The van der Waals surface area contributed by atoms with Crippen molar-refractivity contribution in [1.29, 1.82) is 0 Å². The molecule has 8 heteroatoms. The fourth-order valence-corrected chi connectivity index (χ4v) is 3.99. The summed E-state index contributed by atoms with van der Waals surface area (Å²) in [6, 6.07) is 15.2. The number of fused-ring (bicyclic) bond motifs is 1. The number of rotatable bonds is 7. The van der Waals surface area contributed by atoms with E-state index in [4.69, 9.17) is 9.47 Å². The molecule has 0 atom stereocenters. The Bertz CT molecular complexity index is 1170. The summed E-state index contributed by atoms with van der Waals surface area (Å²) < 4.78 is 12.2. The van der Waals surface area contributed by atoms with Crippen molar-refractivity contribution in [2.24, 2.45) is 0 Å². The molecule has 0 saturated carbocycles. The standard InChI is InChI=1S/C25H28N4O4/c1-17-6-4-7-19(12-17)16-28-10-5-11-29-21(25(28)31)14-20(27-29)24(30)26-15-18-8-9-22(32-2)23(13-18)33-3/h4,6-9,12-14H,5,10-11,15-16H2,1-3H3,(H,26,30). The smallest absolute Gasteiger partial charge is 0.272 e. The second-order valence-corrected chi connectivity index (χ2v) is 8.08. The van der Waals surface area contributed by atoms with Crippen molar-refractivity contribution in [2.45, 2.75) is 33.0 Å². The van der Waals surface area contributed by atoms with Gasteiger partial charge in [0.2, 0.25) is 0 Å². The third-order valence-electron chi connectivity index (χ3n) is 5.67. The van der Waals surface area contributed by atoms with Crippen molar-refractivity contribution < 1.29 is 19.1 Å². The summed E-state index contributed by atoms with van der Waals surface area (Å²) >= 11 is 0. The molecule has 0 spiro atoms. The Balaban J connectivity index is 1.45. The van der Waals surface area contributed by atoms with E-state index < -0.39 is 0 Å². The maximum absolute atomic E-state index is 13.2. The molecule has 0 saturated heterocycles. The fourth-order valence-electron chi connectivity index (χ4n) is 3.99. The molecule has 0 fully saturated rings. The molecule has 33 heavy (non-hydrogen) atoms. The van der Waals surface area contributed by atoms with Crippen molar-refractivity contribution in [1.82, 2.24) is 20.0 Å². The largest absolute Gasteiger partial charge is 0.493 e. The topological polar surface area (TPSA) is 85.7 Å². The molecule has 0 unspecified atom stereocenters. The molecule has 2 aromatic carbocycles. The van der Waals surface area contributed by atoms with E-state index >= 15 is 0 Å². The Labute approximate surface area is 193 Å². The third kappa shape index (κ3) is 5.00. The quantitative estimate of drug-likeness (QED) is 0.600. The van der Waals surface area contributed by atoms with Crippen molar-refractivity contribution in [3.63, 3.8) is 0 Å². The zero-order valence-corrected chi connectivity index (χ0v) is 19.1. The number of hydrogen-bond donors (Lipinski definition) is 1. The highest BCUT2D eigenvalue weighted by Gasteiger charge is 2.26. The SMILES string of the molecule is COc1ccc(CNC(=O)c2cc3n(n2)CCCN(Cc2cccc(C)c2)C3=O)cc1OC. The van der Waals surface area contributed by atoms with Gasteiger partial charge in [0.25, 0.3) is 11.8 Å². The van der Waals surface area contributed by atoms with Gasteiger partial charge in [-0.25, -0.2) is 0 Å². The lowest BCUT2D eigenvalue weighted by molar-refractivity contribution is 0.0745. The third-order valence-corrected chi connectivity index (χ3v) is 5.67. The molecule has 3 aromatic rings. The van der Waals surface area contributed by atoms with Gasteiger partial charge < -0.3 is 19.7 Å². The van der Waals surface area contributed by atoms with Crippen LogP contribution in [0.5, 0.6) is 11.5 Å². The minimum Gasteiger partial charge on any atom is -0.493 e. The number of hydrogen-bond acceptors (Lipinski definition) is 5. The van der Waals surface area contributed by atoms with E-state index in [9.17, 15) is 9.59 Å². The number of nitrogens with one attached hydrogen (secondary N) is 1. The first-order chi connectivity index (χ1) is 16.0. The zero-order chi connectivity index (χ0) is 23.4. The highest BCUT2D eigenvalue weighted by Crippen LogP contribution is 2.27. The van der Waals surface area contributed by atoms with Gasteiger partial charge in [-0.15, -0.1) is 0 Å². The summed E-state index contributed by atoms with van der Waals surface area (Å²) in [5, 5.41) is 7.27. The van der Waals surface area contributed by atoms with Crippen LogP contribution < -0.4 is 14.8 Å². The van der Waals surface area contributed by atoms with Gasteiger partial charge in [0, 0.05) is 32.2 Å². The lowest BCUT2D eigenvalue weighted by Crippen LogP contribution is -2.30. The Morgan fingerprint density at radius 2 is 1.85 bits per heavy atom. The summed E-state index contributed by atoms with van der Waals surface area (Å²) in [5.41, 5.74) is 3.78. The molecule has 1 aromatic heterocycles. The second kappa shape index (κ2) is 9.77. The van der Waals surface area contributed by atoms with Crippen LogP contribution in [0.1, 0.15) is 44.1 Å². The molecule has 8 nitrogen and oxygen atoms in total. The molecule has 0 radical (unpaired) electrons. The minimum absolute atomic E-state index is 0.111. The van der Waals surface area contributed by atoms with Crippen LogP contribution in [0.4, 0.5) is 0 Å². The van der Waals surface area contributed by atoms with E-state index in [1.807, 2.05) is 42.2 Å². The lowest BCUT2D eigenvalue weighted by atomic mass is 10.1. The fraction of sp³-hybridized carbons (Fsp3) is 0.320. The lowest BCUT2D eigenvalue weighted by Gasteiger charge is -2.20. The average molecular weight is 449 g/mol. The van der Waals surface area contributed by atoms with E-state index in [2.05, 4.69) is 16.5 Å². The summed E-state index contributed by atoms with van der Waals surface area (Å²) in [7, 11) is 3.14. The van der Waals surface area contributed by atoms with Crippen LogP contribution in [-0.4, -0.2) is 47.3 Å². The predicted octanol–water partition coefficient (Wildman–Crippen LogP) is 3.18. The first-order valence-electron chi connectivity index (χ1n) is 10.9. The molecule has 1 aliphatic rings. The predicted molar refractivity (Wildman–Crippen MR) is 123 cm³/mol. The Morgan fingerprint density at radius 1 is 1.03 bits per heavy atom. The van der Waals surface area contributed by atoms with Crippen LogP contribution in [0, 0.1) is 6.92 Å². The van der Waals surface area contributed by atoms with Gasteiger partial charge in [0.15, 0.2) is 17.2 Å². The number of methoxy groups -OCH3 is 2. The maximum atomic E-state index is 13.2. The first-order valence-corrected chi connectivity index (χ1v) is 10.9. The Morgan fingerprint density at radius 3 is 2.61 bits per heavy atom. The molecule has 1 aliphatic heterocycles. The Kier molecular flexibility index (Phi) is 6.63. The highest BCUT2D eigenvalue weighted by atomic mass is 16.5. The van der Waals surface area contributed by atoms with E-state index in [1.54, 1.807) is 31.0 Å². The van der Waals surface area contributed by atoms with Crippen molar-refractivity contribution in [3.8, 4) is 11.5 Å². The summed E-state index contributed by atoms with van der Waals surface area (Å²) in [6.45, 7) is 4.11. The molecule has 172 valence electrons. The molecule has 2 heterocycles. The van der Waals surface area contributed by atoms with Crippen molar-refractivity contribution in [3.05, 3.63) is 76.6 Å². The van der Waals surface area contributed by atoms with Gasteiger partial charge in [0.05, 0.1) is 14.2 Å². The maximum Gasteiger partial charge on any atom is 0.272 e. The normalized spacial score (nSPS) is 13.3. The Hall–Kier alpha value is -3.81. The van der Waals surface area contributed by atoms with Crippen LogP contribution in [0.25, 0.3) is 0 Å². The molecular weight excluding hydrogens is 420 g/mol. The van der Waals surface area contributed by atoms with E-state index in [-0.39, 0.29) is 17.5 Å². The van der Waals surface area contributed by atoms with Gasteiger partial charge in [-0.3, -0.25) is 14.3 Å². The van der Waals surface area contributed by atoms with Gasteiger partial charge >= 0.3 is 0 Å². The molecule has 0 aliphatic carbocycles. The number of benzene rings is 2. The number of ether oxygens (including phenoxy) is 2. The van der Waals surface area contributed by atoms with Crippen LogP contribution in [0.2, 0.25) is 0 Å². The van der Waals surface area contributed by atoms with Gasteiger partial charge in [-0.1, -0.05) is 35.9 Å². The summed E-state index contributed by atoms with van der Waals surface area (Å²) in [4.78, 5) is 27.7. The van der Waals surface area contributed by atoms with Crippen molar-refractivity contribution in [2.75, 3.05) is 20.8 Å². The first kappa shape index (κ1) is 22.4. The number of amides is 2. The number of aromatic nitrogens is 2. The zero-order valence-electron chi connectivity index (χ0n) is 19.1. The number of nitrogens with zero attached hydrogens (tertiary/aromatic N) is 3. The van der Waals surface area contributed by atoms with Gasteiger partial charge in [-0.05, 0) is 36.6 Å². The molecule has 1 N–H and O–H groups in total.